The van der Waals surface area contributed by atoms with Crippen LogP contribution in [-0.2, 0) is 6.54 Å². The Hall–Kier alpha value is -2.13. The lowest BCUT2D eigenvalue weighted by Gasteiger charge is -2.30. The Balaban J connectivity index is 1.61. The number of rotatable bonds is 6. The molecule has 0 radical (unpaired) electrons. The third-order valence-corrected chi connectivity index (χ3v) is 6.15. The van der Waals surface area contributed by atoms with Gasteiger partial charge in [0.15, 0.2) is 0 Å². The normalized spacial score (nSPS) is 16.7. The molecule has 1 heterocycles. The van der Waals surface area contributed by atoms with E-state index < -0.39 is 0 Å². The van der Waals surface area contributed by atoms with E-state index in [1.54, 1.807) is 0 Å². The molecule has 1 aliphatic heterocycles. The number of nitrogens with one attached hydrogen (secondary N) is 1. The van der Waals surface area contributed by atoms with Gasteiger partial charge in [0.1, 0.15) is 0 Å². The number of hydrogen-bond acceptors (Lipinski definition) is 2. The number of amides is 1. The first-order chi connectivity index (χ1) is 13.5. The quantitative estimate of drug-likeness (QED) is 0.728. The van der Waals surface area contributed by atoms with Crippen LogP contribution in [0.5, 0.6) is 0 Å². The maximum absolute atomic E-state index is 12.8. The van der Waals surface area contributed by atoms with Crippen LogP contribution in [0.2, 0.25) is 0 Å². The number of carbonyl (C=O) groups is 1. The zero-order valence-electron chi connectivity index (χ0n) is 17.8. The maximum atomic E-state index is 12.8. The summed E-state index contributed by atoms with van der Waals surface area (Å²) in [6.45, 7) is 12.0. The van der Waals surface area contributed by atoms with Crippen LogP contribution in [-0.4, -0.2) is 23.9 Å². The van der Waals surface area contributed by atoms with Gasteiger partial charge in [-0.05, 0) is 86.5 Å². The van der Waals surface area contributed by atoms with Crippen LogP contribution in [0.3, 0.4) is 0 Å². The van der Waals surface area contributed by atoms with Crippen molar-refractivity contribution in [3.05, 3.63) is 70.3 Å². The topological polar surface area (TPSA) is 32.3 Å². The fraction of sp³-hybridized carbons (Fsp3) is 0.480. The Bertz CT molecular complexity index is 789. The average molecular weight is 379 g/mol. The second kappa shape index (κ2) is 9.38. The molecule has 150 valence electrons. The van der Waals surface area contributed by atoms with Crippen LogP contribution in [0.25, 0.3) is 0 Å². The highest BCUT2D eigenvalue weighted by molar-refractivity contribution is 5.94. The molecule has 2 aromatic rings. The predicted octanol–water partition coefficient (Wildman–Crippen LogP) is 5.42. The van der Waals surface area contributed by atoms with Gasteiger partial charge < -0.3 is 5.32 Å². The number of benzene rings is 2. The number of carbonyl (C=O) groups excluding carboxylic acids is 1. The van der Waals surface area contributed by atoms with Crippen LogP contribution in [0.4, 0.5) is 0 Å². The molecule has 0 spiro atoms. The van der Waals surface area contributed by atoms with Gasteiger partial charge in [-0.25, -0.2) is 0 Å². The minimum atomic E-state index is 0.00317. The third-order valence-electron chi connectivity index (χ3n) is 6.15. The third kappa shape index (κ3) is 5.23. The minimum absolute atomic E-state index is 0.00317. The van der Waals surface area contributed by atoms with Crippen molar-refractivity contribution in [3.63, 3.8) is 0 Å². The molecule has 1 N–H and O–H groups in total. The lowest BCUT2D eigenvalue weighted by molar-refractivity contribution is 0.0935. The first-order valence-electron chi connectivity index (χ1n) is 10.7. The van der Waals surface area contributed by atoms with E-state index in [9.17, 15) is 4.79 Å². The maximum Gasteiger partial charge on any atom is 0.251 e. The van der Waals surface area contributed by atoms with E-state index >= 15 is 0 Å². The van der Waals surface area contributed by atoms with Gasteiger partial charge in [-0.15, -0.1) is 0 Å². The summed E-state index contributed by atoms with van der Waals surface area (Å²) in [6, 6.07) is 14.6. The van der Waals surface area contributed by atoms with Gasteiger partial charge in [0.05, 0.1) is 6.04 Å². The first-order valence-corrected chi connectivity index (χ1v) is 10.7. The highest BCUT2D eigenvalue weighted by Gasteiger charge is 2.17. The lowest BCUT2D eigenvalue weighted by Crippen LogP contribution is -2.32. The first kappa shape index (κ1) is 20.6. The number of hydrogen-bond donors (Lipinski definition) is 1. The van der Waals surface area contributed by atoms with Crippen molar-refractivity contribution in [1.29, 1.82) is 0 Å². The molecule has 0 bridgehead atoms. The summed E-state index contributed by atoms with van der Waals surface area (Å²) in [6.07, 6.45) is 3.45. The zero-order valence-corrected chi connectivity index (χ0v) is 17.8. The van der Waals surface area contributed by atoms with E-state index in [-0.39, 0.29) is 11.9 Å². The van der Waals surface area contributed by atoms with Crippen LogP contribution in [0.15, 0.2) is 42.5 Å². The van der Waals surface area contributed by atoms with Gasteiger partial charge in [-0.3, -0.25) is 9.69 Å². The van der Waals surface area contributed by atoms with E-state index in [0.29, 0.717) is 0 Å². The Morgan fingerprint density at radius 3 is 2.36 bits per heavy atom. The van der Waals surface area contributed by atoms with Crippen LogP contribution >= 0.6 is 0 Å². The van der Waals surface area contributed by atoms with Crippen molar-refractivity contribution in [2.75, 3.05) is 13.1 Å². The number of nitrogens with zero attached hydrogens (tertiary/aromatic N) is 1. The van der Waals surface area contributed by atoms with E-state index in [4.69, 9.17) is 0 Å². The van der Waals surface area contributed by atoms with Crippen molar-refractivity contribution in [1.82, 2.24) is 10.2 Å². The molecule has 0 aromatic heterocycles. The summed E-state index contributed by atoms with van der Waals surface area (Å²) in [7, 11) is 0. The molecule has 2 aromatic carbocycles. The molecule has 3 rings (SSSR count). The molecule has 3 heteroatoms. The molecule has 1 amide bonds. The van der Waals surface area contributed by atoms with Crippen molar-refractivity contribution < 1.29 is 4.79 Å². The SMILES string of the molecule is CC[C@H](NC(=O)c1ccc(CN2CCC(C)CC2)cc1)c1ccc(C)c(C)c1. The summed E-state index contributed by atoms with van der Waals surface area (Å²) in [5, 5.41) is 3.20. The Morgan fingerprint density at radius 2 is 1.75 bits per heavy atom. The van der Waals surface area contributed by atoms with Gasteiger partial charge in [0, 0.05) is 12.1 Å². The van der Waals surface area contributed by atoms with Crippen LogP contribution < -0.4 is 5.32 Å². The molecule has 1 fully saturated rings. The van der Waals surface area contributed by atoms with Gasteiger partial charge in [0.2, 0.25) is 0 Å². The van der Waals surface area contributed by atoms with Crippen molar-refractivity contribution in [3.8, 4) is 0 Å². The fourth-order valence-corrected chi connectivity index (χ4v) is 3.88. The fourth-order valence-electron chi connectivity index (χ4n) is 3.88. The number of piperidine rings is 1. The highest BCUT2D eigenvalue weighted by atomic mass is 16.1. The second-order valence-electron chi connectivity index (χ2n) is 8.43. The van der Waals surface area contributed by atoms with Gasteiger partial charge in [-0.2, -0.15) is 0 Å². The standard InChI is InChI=1S/C25H34N2O/c1-5-24(23-9-6-19(3)20(4)16-23)26-25(28)22-10-7-21(8-11-22)17-27-14-12-18(2)13-15-27/h6-11,16,18,24H,5,12-15,17H2,1-4H3,(H,26,28)/t24-/m0/s1. The molecule has 0 unspecified atom stereocenters. The second-order valence-corrected chi connectivity index (χ2v) is 8.43. The van der Waals surface area contributed by atoms with Crippen molar-refractivity contribution in [2.45, 2.75) is 59.5 Å². The van der Waals surface area contributed by atoms with Crippen LogP contribution in [0, 0.1) is 19.8 Å². The molecule has 1 saturated heterocycles. The van der Waals surface area contributed by atoms with E-state index in [0.717, 1.165) is 24.4 Å². The number of aryl methyl sites for hydroxylation is 2. The smallest absolute Gasteiger partial charge is 0.251 e. The molecular weight excluding hydrogens is 344 g/mol. The van der Waals surface area contributed by atoms with Crippen molar-refractivity contribution in [2.24, 2.45) is 5.92 Å². The Labute approximate surface area is 170 Å². The summed E-state index contributed by atoms with van der Waals surface area (Å²) >= 11 is 0. The summed E-state index contributed by atoms with van der Waals surface area (Å²) in [5.41, 5.74) is 5.74. The van der Waals surface area contributed by atoms with E-state index in [2.05, 4.69) is 68.2 Å². The minimum Gasteiger partial charge on any atom is -0.345 e. The summed E-state index contributed by atoms with van der Waals surface area (Å²) < 4.78 is 0. The van der Waals surface area contributed by atoms with Gasteiger partial charge >= 0.3 is 0 Å². The van der Waals surface area contributed by atoms with Gasteiger partial charge in [-0.1, -0.05) is 44.2 Å². The van der Waals surface area contributed by atoms with E-state index in [1.807, 2.05) is 12.1 Å². The molecule has 28 heavy (non-hydrogen) atoms. The Kier molecular flexibility index (Phi) is 6.90. The van der Waals surface area contributed by atoms with Crippen LogP contribution in [0.1, 0.15) is 71.8 Å². The zero-order chi connectivity index (χ0) is 20.1. The monoisotopic (exact) mass is 378 g/mol. The average Bonchev–Trinajstić information content (AvgIpc) is 2.70. The van der Waals surface area contributed by atoms with Crippen molar-refractivity contribution >= 4 is 5.91 Å². The molecular formula is C25H34N2O. The molecule has 1 atom stereocenters. The number of likely N-dealkylation sites (tertiary alicyclic amines) is 1. The summed E-state index contributed by atoms with van der Waals surface area (Å²) in [4.78, 5) is 15.3. The molecule has 1 aliphatic rings. The Morgan fingerprint density at radius 1 is 1.07 bits per heavy atom. The van der Waals surface area contributed by atoms with E-state index in [1.165, 1.54) is 48.2 Å². The highest BCUT2D eigenvalue weighted by Crippen LogP contribution is 2.21. The predicted molar refractivity (Wildman–Crippen MR) is 117 cm³/mol. The molecule has 0 aliphatic carbocycles. The molecule has 3 nitrogen and oxygen atoms in total. The lowest BCUT2D eigenvalue weighted by atomic mass is 9.98. The molecule has 0 saturated carbocycles. The van der Waals surface area contributed by atoms with Gasteiger partial charge in [0.25, 0.3) is 5.91 Å². The summed E-state index contributed by atoms with van der Waals surface area (Å²) in [5.74, 6) is 0.856. The largest absolute Gasteiger partial charge is 0.345 e.